The second kappa shape index (κ2) is 6.61. The number of nitrogens with one attached hydrogen (secondary N) is 1. The molecular formula is C18H26N2O. The van der Waals surface area contributed by atoms with Gasteiger partial charge in [0.15, 0.2) is 0 Å². The second-order valence-electron chi connectivity index (χ2n) is 6.66. The molecule has 0 unspecified atom stereocenters. The normalized spacial score (nSPS) is 23.6. The van der Waals surface area contributed by atoms with Crippen molar-refractivity contribution in [3.8, 4) is 0 Å². The number of carbonyl (C=O) groups excluding carboxylic acids is 1. The van der Waals surface area contributed by atoms with Crippen molar-refractivity contribution >= 4 is 5.91 Å². The van der Waals surface area contributed by atoms with Crippen LogP contribution >= 0.6 is 0 Å². The van der Waals surface area contributed by atoms with Crippen LogP contribution in [0.4, 0.5) is 0 Å². The first-order chi connectivity index (χ1) is 10.2. The van der Waals surface area contributed by atoms with Crippen LogP contribution in [0.25, 0.3) is 0 Å². The van der Waals surface area contributed by atoms with Gasteiger partial charge in [-0.25, -0.2) is 0 Å². The van der Waals surface area contributed by atoms with Gasteiger partial charge in [-0.1, -0.05) is 24.3 Å². The molecule has 0 aromatic heterocycles. The van der Waals surface area contributed by atoms with E-state index in [4.69, 9.17) is 0 Å². The van der Waals surface area contributed by atoms with Gasteiger partial charge in [0.1, 0.15) is 0 Å². The molecule has 1 saturated heterocycles. The van der Waals surface area contributed by atoms with Gasteiger partial charge in [0, 0.05) is 6.42 Å². The number of hydrogen-bond donors (Lipinski definition) is 1. The minimum Gasteiger partial charge on any atom is -0.349 e. The van der Waals surface area contributed by atoms with Crippen LogP contribution in [0.2, 0.25) is 0 Å². The van der Waals surface area contributed by atoms with Crippen molar-refractivity contribution in [3.63, 3.8) is 0 Å². The molecule has 3 heteroatoms. The molecule has 1 aromatic rings. The zero-order valence-corrected chi connectivity index (χ0v) is 13.0. The summed E-state index contributed by atoms with van der Waals surface area (Å²) in [6.07, 6.45) is 6.42. The molecule has 1 aliphatic heterocycles. The van der Waals surface area contributed by atoms with Crippen molar-refractivity contribution in [2.75, 3.05) is 20.1 Å². The number of rotatable bonds is 3. The average Bonchev–Trinajstić information content (AvgIpc) is 2.50. The lowest BCUT2D eigenvalue weighted by molar-refractivity contribution is -0.123. The number of carbonyl (C=O) groups is 1. The predicted octanol–water partition coefficient (Wildman–Crippen LogP) is 2.91. The molecule has 0 spiro atoms. The van der Waals surface area contributed by atoms with E-state index in [0.29, 0.717) is 12.3 Å². The smallest absolute Gasteiger partial charge is 0.220 e. The fourth-order valence-corrected chi connectivity index (χ4v) is 3.69. The van der Waals surface area contributed by atoms with E-state index in [1.807, 2.05) is 0 Å². The summed E-state index contributed by atoms with van der Waals surface area (Å²) in [6.45, 7) is 2.26. The molecule has 1 aromatic carbocycles. The SMILES string of the molecule is CN1CCC(CC(=O)N[C@H]2CCCc3ccccc32)CC1. The highest BCUT2D eigenvalue weighted by atomic mass is 16.1. The molecular weight excluding hydrogens is 260 g/mol. The van der Waals surface area contributed by atoms with Gasteiger partial charge in [-0.3, -0.25) is 4.79 Å². The highest BCUT2D eigenvalue weighted by Crippen LogP contribution is 2.30. The van der Waals surface area contributed by atoms with Gasteiger partial charge in [-0.05, 0) is 69.3 Å². The number of aryl methyl sites for hydroxylation is 1. The largest absolute Gasteiger partial charge is 0.349 e. The van der Waals surface area contributed by atoms with E-state index in [9.17, 15) is 4.79 Å². The van der Waals surface area contributed by atoms with Gasteiger partial charge in [-0.2, -0.15) is 0 Å². The van der Waals surface area contributed by atoms with Crippen LogP contribution in [0, 0.1) is 5.92 Å². The Hall–Kier alpha value is -1.35. The lowest BCUT2D eigenvalue weighted by atomic mass is 9.87. The standard InChI is InChI=1S/C18H26N2O/c1-20-11-9-14(10-12-20)13-18(21)19-17-8-4-6-15-5-2-3-7-16(15)17/h2-3,5,7,14,17H,4,6,8-13H2,1H3,(H,19,21)/t17-/m0/s1. The topological polar surface area (TPSA) is 32.3 Å². The lowest BCUT2D eigenvalue weighted by Crippen LogP contribution is -2.35. The maximum atomic E-state index is 12.3. The Morgan fingerprint density at radius 3 is 2.81 bits per heavy atom. The summed E-state index contributed by atoms with van der Waals surface area (Å²) < 4.78 is 0. The summed E-state index contributed by atoms with van der Waals surface area (Å²) in [5, 5.41) is 3.28. The number of fused-ring (bicyclic) bond motifs is 1. The zero-order valence-electron chi connectivity index (χ0n) is 13.0. The van der Waals surface area contributed by atoms with Crippen LogP contribution in [-0.4, -0.2) is 30.9 Å². The number of piperidine rings is 1. The first-order valence-corrected chi connectivity index (χ1v) is 8.28. The molecule has 1 amide bonds. The zero-order chi connectivity index (χ0) is 14.7. The van der Waals surface area contributed by atoms with Crippen LogP contribution in [-0.2, 0) is 11.2 Å². The summed E-state index contributed by atoms with van der Waals surface area (Å²) in [5.41, 5.74) is 2.74. The van der Waals surface area contributed by atoms with Crippen LogP contribution in [0.3, 0.4) is 0 Å². The van der Waals surface area contributed by atoms with Gasteiger partial charge >= 0.3 is 0 Å². The molecule has 21 heavy (non-hydrogen) atoms. The Kier molecular flexibility index (Phi) is 4.59. The van der Waals surface area contributed by atoms with Gasteiger partial charge in [-0.15, -0.1) is 0 Å². The summed E-state index contributed by atoms with van der Waals surface area (Å²) in [7, 11) is 2.16. The molecule has 3 rings (SSSR count). The molecule has 3 nitrogen and oxygen atoms in total. The Bertz CT molecular complexity index is 492. The van der Waals surface area contributed by atoms with E-state index in [2.05, 4.69) is 41.5 Å². The number of amides is 1. The summed E-state index contributed by atoms with van der Waals surface area (Å²) in [5.74, 6) is 0.811. The molecule has 1 atom stereocenters. The monoisotopic (exact) mass is 286 g/mol. The average molecular weight is 286 g/mol. The van der Waals surface area contributed by atoms with Crippen molar-refractivity contribution in [2.45, 2.75) is 44.6 Å². The van der Waals surface area contributed by atoms with E-state index in [1.165, 1.54) is 17.5 Å². The maximum absolute atomic E-state index is 12.3. The molecule has 1 fully saturated rings. The molecule has 0 radical (unpaired) electrons. The molecule has 1 aliphatic carbocycles. The van der Waals surface area contributed by atoms with Gasteiger partial charge in [0.25, 0.3) is 0 Å². The lowest BCUT2D eigenvalue weighted by Gasteiger charge is -2.30. The van der Waals surface area contributed by atoms with Crippen molar-refractivity contribution in [1.29, 1.82) is 0 Å². The van der Waals surface area contributed by atoms with Gasteiger partial charge in [0.05, 0.1) is 6.04 Å². The van der Waals surface area contributed by atoms with Crippen molar-refractivity contribution < 1.29 is 4.79 Å². The Morgan fingerprint density at radius 2 is 2.00 bits per heavy atom. The summed E-state index contributed by atoms with van der Waals surface area (Å²) >= 11 is 0. The quantitative estimate of drug-likeness (QED) is 0.926. The fourth-order valence-electron chi connectivity index (χ4n) is 3.69. The number of benzene rings is 1. The minimum absolute atomic E-state index is 0.230. The Balaban J connectivity index is 1.56. The van der Waals surface area contributed by atoms with Crippen molar-refractivity contribution in [1.82, 2.24) is 10.2 Å². The first-order valence-electron chi connectivity index (χ1n) is 8.28. The third-order valence-corrected chi connectivity index (χ3v) is 5.02. The summed E-state index contributed by atoms with van der Waals surface area (Å²) in [6, 6.07) is 8.79. The van der Waals surface area contributed by atoms with Gasteiger partial charge < -0.3 is 10.2 Å². The molecule has 1 N–H and O–H groups in total. The van der Waals surface area contributed by atoms with Crippen molar-refractivity contribution in [2.24, 2.45) is 5.92 Å². The van der Waals surface area contributed by atoms with Crippen LogP contribution in [0.5, 0.6) is 0 Å². The number of nitrogens with zero attached hydrogens (tertiary/aromatic N) is 1. The van der Waals surface area contributed by atoms with Crippen LogP contribution in [0.1, 0.15) is 49.3 Å². The molecule has 2 aliphatic rings. The van der Waals surface area contributed by atoms with Crippen molar-refractivity contribution in [3.05, 3.63) is 35.4 Å². The fraction of sp³-hybridized carbons (Fsp3) is 0.611. The Morgan fingerprint density at radius 1 is 1.24 bits per heavy atom. The molecule has 1 heterocycles. The molecule has 0 saturated carbocycles. The minimum atomic E-state index is 0.230. The number of likely N-dealkylation sites (tertiary alicyclic amines) is 1. The number of hydrogen-bond acceptors (Lipinski definition) is 2. The van der Waals surface area contributed by atoms with Crippen LogP contribution < -0.4 is 5.32 Å². The highest BCUT2D eigenvalue weighted by Gasteiger charge is 2.24. The molecule has 0 bridgehead atoms. The second-order valence-corrected chi connectivity index (χ2v) is 6.66. The Labute approximate surface area is 127 Å². The highest BCUT2D eigenvalue weighted by molar-refractivity contribution is 5.76. The van der Waals surface area contributed by atoms with E-state index in [1.54, 1.807) is 0 Å². The first kappa shape index (κ1) is 14.6. The van der Waals surface area contributed by atoms with E-state index in [-0.39, 0.29) is 11.9 Å². The van der Waals surface area contributed by atoms with E-state index in [0.717, 1.165) is 38.8 Å². The van der Waals surface area contributed by atoms with E-state index < -0.39 is 0 Å². The maximum Gasteiger partial charge on any atom is 0.220 e. The third-order valence-electron chi connectivity index (χ3n) is 5.02. The van der Waals surface area contributed by atoms with Gasteiger partial charge in [0.2, 0.25) is 5.91 Å². The predicted molar refractivity (Wildman–Crippen MR) is 85.1 cm³/mol. The van der Waals surface area contributed by atoms with Crippen LogP contribution in [0.15, 0.2) is 24.3 Å². The summed E-state index contributed by atoms with van der Waals surface area (Å²) in [4.78, 5) is 14.7. The van der Waals surface area contributed by atoms with E-state index >= 15 is 0 Å². The third kappa shape index (κ3) is 3.65. The molecule has 114 valence electrons.